The molecule has 0 aromatic carbocycles. The quantitative estimate of drug-likeness (QED) is 0.0592. The second kappa shape index (κ2) is 17.1. The molecule has 2 radical (unpaired) electrons. The van der Waals surface area contributed by atoms with Gasteiger partial charge in [0, 0.05) is 19.3 Å². The molecule has 0 bridgehead atoms. The molecule has 0 aromatic rings. The van der Waals surface area contributed by atoms with Gasteiger partial charge in [0.05, 0.1) is 19.8 Å². The average Bonchev–Trinajstić information content (AvgIpc) is 3.59. The van der Waals surface area contributed by atoms with Crippen molar-refractivity contribution in [1.82, 2.24) is 0 Å². The first-order valence-corrected chi connectivity index (χ1v) is 26.0. The van der Waals surface area contributed by atoms with Crippen molar-refractivity contribution < 1.29 is 45.3 Å². The minimum Gasteiger partial charge on any atom is -0.460 e. The van der Waals surface area contributed by atoms with Crippen molar-refractivity contribution in [2.75, 3.05) is 39.6 Å². The van der Waals surface area contributed by atoms with Crippen LogP contribution in [-0.2, 0) is 40.2 Å². The molecule has 1 rings (SSSR count). The van der Waals surface area contributed by atoms with Gasteiger partial charge in [-0.3, -0.25) is 0 Å². The van der Waals surface area contributed by atoms with Gasteiger partial charge in [0.2, 0.25) is 9.76 Å². The van der Waals surface area contributed by atoms with Crippen LogP contribution < -0.4 is 0 Å². The maximum absolute atomic E-state index is 11.1. The zero-order chi connectivity index (χ0) is 28.9. The van der Waals surface area contributed by atoms with Crippen LogP contribution in [0.5, 0.6) is 0 Å². The number of hydrogen-bond acceptors (Lipinski definition) is 10. The van der Waals surface area contributed by atoms with Crippen LogP contribution in [0.25, 0.3) is 0 Å². The Bertz CT molecular complexity index is 707. The normalized spacial score (nSPS) is 19.9. The summed E-state index contributed by atoms with van der Waals surface area (Å²) < 4.78 is 48.0. The van der Waals surface area contributed by atoms with E-state index >= 15 is 0 Å². The lowest BCUT2D eigenvalue weighted by Gasteiger charge is -2.42. The smallest absolute Gasteiger partial charge is 0.330 e. The molecule has 4 unspecified atom stereocenters. The highest BCUT2D eigenvalue weighted by Crippen LogP contribution is 2.30. The molecule has 1 heterocycles. The van der Waals surface area contributed by atoms with E-state index in [0.717, 1.165) is 31.2 Å². The van der Waals surface area contributed by atoms with E-state index in [1.165, 1.54) is 0 Å². The molecule has 0 aromatic heterocycles. The van der Waals surface area contributed by atoms with E-state index in [1.54, 1.807) is 0 Å². The molecule has 1 N–H and O–H groups in total. The molecule has 4 atom stereocenters. The highest BCUT2D eigenvalue weighted by atomic mass is 28.5. The van der Waals surface area contributed by atoms with E-state index in [4.69, 9.17) is 35.4 Å². The minimum atomic E-state index is -2.68. The summed E-state index contributed by atoms with van der Waals surface area (Å²) in [5.41, 5.74) is 0. The number of esters is 1. The van der Waals surface area contributed by atoms with Gasteiger partial charge in [0.25, 0.3) is 0 Å². The topological polar surface area (TPSA) is 114 Å². The zero-order valence-electron chi connectivity index (χ0n) is 24.6. The Morgan fingerprint density at radius 2 is 1.61 bits per heavy atom. The Kier molecular flexibility index (Phi) is 16.2. The summed E-state index contributed by atoms with van der Waals surface area (Å²) >= 11 is 0. The van der Waals surface area contributed by atoms with Gasteiger partial charge in [-0.2, -0.15) is 0 Å². The highest BCUT2D eigenvalue weighted by Gasteiger charge is 2.47. The summed E-state index contributed by atoms with van der Waals surface area (Å²) in [5.74, 6) is -0.570. The van der Waals surface area contributed by atoms with Crippen LogP contribution in [0.2, 0.25) is 64.5 Å². The van der Waals surface area contributed by atoms with Gasteiger partial charge < -0.3 is 40.5 Å². The van der Waals surface area contributed by atoms with Gasteiger partial charge in [-0.25, -0.2) is 4.79 Å². The third-order valence-electron chi connectivity index (χ3n) is 5.20. The Morgan fingerprint density at radius 3 is 2.16 bits per heavy atom. The van der Waals surface area contributed by atoms with Crippen LogP contribution in [-0.4, -0.2) is 107 Å². The molecular formula is C23H50O10Si5. The third-order valence-corrected chi connectivity index (χ3v) is 21.8. The molecule has 10 nitrogen and oxygen atoms in total. The molecule has 222 valence electrons. The largest absolute Gasteiger partial charge is 0.460 e. The molecule has 0 saturated carbocycles. The molecule has 1 saturated heterocycles. The fraction of sp³-hybridized carbons (Fsp3) is 0.870. The average molecular weight is 627 g/mol. The van der Waals surface area contributed by atoms with Crippen molar-refractivity contribution >= 4 is 49.7 Å². The van der Waals surface area contributed by atoms with Crippen molar-refractivity contribution in [3.8, 4) is 0 Å². The number of rotatable bonds is 23. The van der Waals surface area contributed by atoms with Gasteiger partial charge in [-0.05, 0) is 77.3 Å². The number of aliphatic hydroxyl groups excluding tert-OH is 1. The van der Waals surface area contributed by atoms with Crippen LogP contribution in [0.15, 0.2) is 12.7 Å². The second-order valence-corrected chi connectivity index (χ2v) is 27.4. The van der Waals surface area contributed by atoms with E-state index in [9.17, 15) is 9.90 Å². The van der Waals surface area contributed by atoms with Crippen LogP contribution in [0.4, 0.5) is 0 Å². The molecule has 15 heteroatoms. The summed E-state index contributed by atoms with van der Waals surface area (Å²) in [6.45, 7) is 22.8. The summed E-state index contributed by atoms with van der Waals surface area (Å²) in [5, 5.41) is 9.92. The first-order chi connectivity index (χ1) is 17.6. The molecule has 0 aliphatic carbocycles. The highest BCUT2D eigenvalue weighted by molar-refractivity contribution is 6.89. The van der Waals surface area contributed by atoms with Gasteiger partial charge >= 0.3 is 31.7 Å². The van der Waals surface area contributed by atoms with E-state index in [-0.39, 0.29) is 19.3 Å². The fourth-order valence-electron chi connectivity index (χ4n) is 4.07. The van der Waals surface area contributed by atoms with Crippen LogP contribution in [0.1, 0.15) is 12.8 Å². The minimum absolute atomic E-state index is 0.0786. The lowest BCUT2D eigenvalue weighted by atomic mass is 10.4. The number of hydrogen-bond donors (Lipinski definition) is 1. The van der Waals surface area contributed by atoms with Gasteiger partial charge in [-0.1, -0.05) is 6.58 Å². The monoisotopic (exact) mass is 626 g/mol. The third kappa shape index (κ3) is 17.6. The van der Waals surface area contributed by atoms with Crippen molar-refractivity contribution in [1.29, 1.82) is 0 Å². The Balaban J connectivity index is 2.71. The maximum atomic E-state index is 11.1. The number of ether oxygens (including phenoxy) is 4. The predicted octanol–water partition coefficient (Wildman–Crippen LogP) is 3.70. The molecule has 0 amide bonds. The van der Waals surface area contributed by atoms with Crippen LogP contribution in [0, 0.1) is 0 Å². The zero-order valence-corrected chi connectivity index (χ0v) is 29.6. The predicted molar refractivity (Wildman–Crippen MR) is 157 cm³/mol. The van der Waals surface area contributed by atoms with Gasteiger partial charge in [0.1, 0.15) is 18.8 Å². The molecule has 38 heavy (non-hydrogen) atoms. The second-order valence-electron chi connectivity index (χ2n) is 11.2. The van der Waals surface area contributed by atoms with Crippen molar-refractivity contribution in [2.45, 2.75) is 89.5 Å². The Labute approximate surface area is 236 Å². The lowest BCUT2D eigenvalue weighted by Crippen LogP contribution is -2.58. The number of carbonyl (C=O) groups excluding carboxylic acids is 1. The van der Waals surface area contributed by atoms with Gasteiger partial charge in [-0.15, -0.1) is 0 Å². The lowest BCUT2D eigenvalue weighted by molar-refractivity contribution is -0.141. The number of carbonyl (C=O) groups is 1. The van der Waals surface area contributed by atoms with Gasteiger partial charge in [0.15, 0.2) is 8.32 Å². The fourth-order valence-corrected chi connectivity index (χ4v) is 24.3. The first-order valence-electron chi connectivity index (χ1n) is 13.3. The Hall–Kier alpha value is -0.0256. The van der Waals surface area contributed by atoms with Crippen LogP contribution >= 0.6 is 0 Å². The molecule has 1 aliphatic rings. The molecule has 0 spiro atoms. The summed E-state index contributed by atoms with van der Waals surface area (Å²) in [6, 6.07) is 1.52. The number of epoxide rings is 1. The molecule has 1 aliphatic heterocycles. The maximum Gasteiger partial charge on any atom is 0.330 e. The summed E-state index contributed by atoms with van der Waals surface area (Å²) in [7, 11) is -9.20. The van der Waals surface area contributed by atoms with E-state index in [1.807, 2.05) is 6.55 Å². The van der Waals surface area contributed by atoms with E-state index in [2.05, 4.69) is 52.4 Å². The molecular weight excluding hydrogens is 577 g/mol. The number of aliphatic hydroxyl groups is 1. The Morgan fingerprint density at radius 1 is 1.00 bits per heavy atom. The standard InChI is InChI=1S/C23H50O10Si5/c1-10-23(25)29-18-21(24)17-26-13-11-15-37(8,30-34-2)33-38(9,16-12-14-27-19-22-20-28-22)32-36(6,7)31-35(3,4)5/h10,21-22,24H,1,11-20H2,2-9H3. The van der Waals surface area contributed by atoms with Crippen molar-refractivity contribution in [3.63, 3.8) is 0 Å². The SMILES string of the molecule is C=CC(=O)OCC(O)COCCC[Si](C)(O[Si]C)O[Si](C)(CCCOCC1CO1)O[Si](C)(C)O[Si](C)(C)C. The van der Waals surface area contributed by atoms with Crippen molar-refractivity contribution in [3.05, 3.63) is 12.7 Å². The van der Waals surface area contributed by atoms with Crippen molar-refractivity contribution in [2.24, 2.45) is 0 Å². The van der Waals surface area contributed by atoms with E-state index in [0.29, 0.717) is 36.0 Å². The molecule has 1 fully saturated rings. The first kappa shape index (κ1) is 36.0. The summed E-state index contributed by atoms with van der Waals surface area (Å²) in [4.78, 5) is 11.1. The van der Waals surface area contributed by atoms with Crippen LogP contribution in [0.3, 0.4) is 0 Å². The summed E-state index contributed by atoms with van der Waals surface area (Å²) in [6.07, 6.45) is 1.98. The van der Waals surface area contributed by atoms with E-state index < -0.39 is 46.1 Å².